The Balaban J connectivity index is 2.01. The van der Waals surface area contributed by atoms with E-state index in [1.54, 1.807) is 6.07 Å². The number of phenolic OH excluding ortho intramolecular Hbond substituents is 1. The average molecular weight is 296 g/mol. The van der Waals surface area contributed by atoms with E-state index in [0.29, 0.717) is 24.7 Å². The molecule has 0 saturated heterocycles. The van der Waals surface area contributed by atoms with Gasteiger partial charge in [0, 0.05) is 17.7 Å². The van der Waals surface area contributed by atoms with Gasteiger partial charge in [-0.25, -0.2) is 0 Å². The molecule has 0 fully saturated rings. The standard InChI is InChI=1S/C17H12O5/c18-11-8-12(10-4-2-1-3-5-10)22-13-9-14-17(16(19)15(11)13)21-7-6-20-14/h1-5,8-9,19H,6-7H2. The van der Waals surface area contributed by atoms with Crippen molar-refractivity contribution in [1.29, 1.82) is 0 Å². The molecular formula is C17H12O5. The third kappa shape index (κ3) is 1.90. The summed E-state index contributed by atoms with van der Waals surface area (Å²) < 4.78 is 16.6. The van der Waals surface area contributed by atoms with Gasteiger partial charge in [-0.05, 0) is 0 Å². The highest BCUT2D eigenvalue weighted by Gasteiger charge is 2.22. The number of hydrogen-bond acceptors (Lipinski definition) is 5. The van der Waals surface area contributed by atoms with Gasteiger partial charge in [0.25, 0.3) is 0 Å². The number of rotatable bonds is 1. The fourth-order valence-electron chi connectivity index (χ4n) is 2.55. The second-order valence-corrected chi connectivity index (χ2v) is 4.96. The molecule has 0 amide bonds. The molecule has 0 unspecified atom stereocenters. The van der Waals surface area contributed by atoms with E-state index in [-0.39, 0.29) is 27.9 Å². The number of phenols is 1. The van der Waals surface area contributed by atoms with E-state index in [1.807, 2.05) is 30.3 Å². The zero-order valence-electron chi connectivity index (χ0n) is 11.5. The van der Waals surface area contributed by atoms with Crippen molar-refractivity contribution in [2.45, 2.75) is 0 Å². The molecule has 1 aliphatic rings. The summed E-state index contributed by atoms with van der Waals surface area (Å²) in [6, 6.07) is 12.3. The van der Waals surface area contributed by atoms with E-state index in [2.05, 4.69) is 0 Å². The summed E-state index contributed by atoms with van der Waals surface area (Å²) in [5.41, 5.74) is 0.735. The molecule has 110 valence electrons. The summed E-state index contributed by atoms with van der Waals surface area (Å²) in [6.07, 6.45) is 0. The smallest absolute Gasteiger partial charge is 0.204 e. The predicted octanol–water partition coefficient (Wildman–Crippen LogP) is 2.94. The van der Waals surface area contributed by atoms with Crippen LogP contribution in [0.4, 0.5) is 0 Å². The molecule has 1 N–H and O–H groups in total. The molecule has 3 aromatic rings. The third-order valence-electron chi connectivity index (χ3n) is 3.56. The van der Waals surface area contributed by atoms with E-state index in [1.165, 1.54) is 6.07 Å². The lowest BCUT2D eigenvalue weighted by Gasteiger charge is -2.19. The van der Waals surface area contributed by atoms with Crippen LogP contribution in [0.15, 0.2) is 51.7 Å². The summed E-state index contributed by atoms with van der Waals surface area (Å²) in [7, 11) is 0. The summed E-state index contributed by atoms with van der Waals surface area (Å²) in [4.78, 5) is 12.4. The van der Waals surface area contributed by atoms with Gasteiger partial charge in [0.05, 0.1) is 0 Å². The first-order valence-corrected chi connectivity index (χ1v) is 6.89. The SMILES string of the molecule is O=c1cc(-c2ccccc2)oc2cc3c(c(O)c12)OCCO3. The minimum absolute atomic E-state index is 0.101. The monoisotopic (exact) mass is 296 g/mol. The van der Waals surface area contributed by atoms with Crippen LogP contribution in [0.2, 0.25) is 0 Å². The van der Waals surface area contributed by atoms with Crippen LogP contribution in [0.25, 0.3) is 22.3 Å². The predicted molar refractivity (Wildman–Crippen MR) is 80.6 cm³/mol. The van der Waals surface area contributed by atoms with Crippen LogP contribution in [0.3, 0.4) is 0 Å². The van der Waals surface area contributed by atoms with Crippen LogP contribution in [0.5, 0.6) is 17.2 Å². The lowest BCUT2D eigenvalue weighted by Crippen LogP contribution is -2.16. The van der Waals surface area contributed by atoms with Gasteiger partial charge in [-0.3, -0.25) is 4.79 Å². The number of benzene rings is 2. The maximum absolute atomic E-state index is 12.4. The first-order chi connectivity index (χ1) is 10.7. The minimum atomic E-state index is -0.324. The van der Waals surface area contributed by atoms with Gasteiger partial charge >= 0.3 is 0 Å². The molecule has 1 aliphatic heterocycles. The van der Waals surface area contributed by atoms with Gasteiger partial charge < -0.3 is 19.0 Å². The van der Waals surface area contributed by atoms with E-state index < -0.39 is 0 Å². The van der Waals surface area contributed by atoms with E-state index in [0.717, 1.165) is 5.56 Å². The highest BCUT2D eigenvalue weighted by Crippen LogP contribution is 2.43. The van der Waals surface area contributed by atoms with Gasteiger partial charge in [0.15, 0.2) is 16.9 Å². The molecule has 2 heterocycles. The van der Waals surface area contributed by atoms with E-state index in [4.69, 9.17) is 13.9 Å². The minimum Gasteiger partial charge on any atom is -0.504 e. The highest BCUT2D eigenvalue weighted by molar-refractivity contribution is 5.89. The molecule has 0 saturated carbocycles. The Morgan fingerprint density at radius 2 is 1.77 bits per heavy atom. The maximum atomic E-state index is 12.4. The molecule has 2 aromatic carbocycles. The topological polar surface area (TPSA) is 68.9 Å². The van der Waals surface area contributed by atoms with Crippen molar-refractivity contribution in [3.05, 3.63) is 52.7 Å². The Labute approximate surface area is 125 Å². The van der Waals surface area contributed by atoms with Gasteiger partial charge in [-0.2, -0.15) is 0 Å². The van der Waals surface area contributed by atoms with Crippen molar-refractivity contribution >= 4 is 11.0 Å². The van der Waals surface area contributed by atoms with Crippen molar-refractivity contribution in [3.63, 3.8) is 0 Å². The van der Waals surface area contributed by atoms with Crippen molar-refractivity contribution in [2.24, 2.45) is 0 Å². The second kappa shape index (κ2) is 4.80. The highest BCUT2D eigenvalue weighted by atomic mass is 16.6. The van der Waals surface area contributed by atoms with Crippen molar-refractivity contribution in [2.75, 3.05) is 13.2 Å². The summed E-state index contributed by atoms with van der Waals surface area (Å²) in [5.74, 6) is 0.776. The Hall–Kier alpha value is -2.95. The van der Waals surface area contributed by atoms with E-state index in [9.17, 15) is 9.90 Å². The van der Waals surface area contributed by atoms with Gasteiger partial charge in [0.2, 0.25) is 5.75 Å². The third-order valence-corrected chi connectivity index (χ3v) is 3.56. The second-order valence-electron chi connectivity index (χ2n) is 4.96. The number of fused-ring (bicyclic) bond motifs is 2. The lowest BCUT2D eigenvalue weighted by molar-refractivity contribution is 0.166. The van der Waals surface area contributed by atoms with Crippen LogP contribution in [0.1, 0.15) is 0 Å². The first kappa shape index (κ1) is 12.8. The molecular weight excluding hydrogens is 284 g/mol. The molecule has 22 heavy (non-hydrogen) atoms. The summed E-state index contributed by atoms with van der Waals surface area (Å²) >= 11 is 0. The van der Waals surface area contributed by atoms with Crippen LogP contribution < -0.4 is 14.9 Å². The van der Waals surface area contributed by atoms with Gasteiger partial charge in [-0.1, -0.05) is 30.3 Å². The lowest BCUT2D eigenvalue weighted by atomic mass is 10.1. The zero-order valence-corrected chi connectivity index (χ0v) is 11.5. The quantitative estimate of drug-likeness (QED) is 0.747. The Kier molecular flexibility index (Phi) is 2.79. The molecule has 0 aliphatic carbocycles. The molecule has 0 atom stereocenters. The Morgan fingerprint density at radius 1 is 1.00 bits per heavy atom. The Morgan fingerprint density at radius 3 is 2.59 bits per heavy atom. The summed E-state index contributed by atoms with van der Waals surface area (Å²) in [6.45, 7) is 0.722. The molecule has 5 nitrogen and oxygen atoms in total. The number of hydrogen-bond donors (Lipinski definition) is 1. The van der Waals surface area contributed by atoms with Gasteiger partial charge in [-0.15, -0.1) is 0 Å². The van der Waals surface area contributed by atoms with Crippen molar-refractivity contribution < 1.29 is 19.0 Å². The average Bonchev–Trinajstić information content (AvgIpc) is 2.55. The Bertz CT molecular complexity index is 912. The van der Waals surface area contributed by atoms with Crippen LogP contribution >= 0.6 is 0 Å². The van der Waals surface area contributed by atoms with Crippen LogP contribution in [0, 0.1) is 0 Å². The van der Waals surface area contributed by atoms with Crippen molar-refractivity contribution in [3.8, 4) is 28.6 Å². The fourth-order valence-corrected chi connectivity index (χ4v) is 2.55. The molecule has 4 rings (SSSR count). The molecule has 1 aromatic heterocycles. The van der Waals surface area contributed by atoms with Crippen LogP contribution in [-0.2, 0) is 0 Å². The first-order valence-electron chi connectivity index (χ1n) is 6.89. The number of ether oxygens (including phenoxy) is 2. The van der Waals surface area contributed by atoms with Crippen molar-refractivity contribution in [1.82, 2.24) is 0 Å². The largest absolute Gasteiger partial charge is 0.504 e. The molecule has 0 radical (unpaired) electrons. The molecule has 5 heteroatoms. The summed E-state index contributed by atoms with van der Waals surface area (Å²) in [5, 5.41) is 10.4. The molecule has 0 bridgehead atoms. The van der Waals surface area contributed by atoms with Crippen LogP contribution in [-0.4, -0.2) is 18.3 Å². The molecule has 0 spiro atoms. The van der Waals surface area contributed by atoms with Gasteiger partial charge in [0.1, 0.15) is 29.9 Å². The number of aromatic hydroxyl groups is 1. The zero-order chi connectivity index (χ0) is 15.1. The fraction of sp³-hybridized carbons (Fsp3) is 0.118. The van der Waals surface area contributed by atoms with E-state index >= 15 is 0 Å². The maximum Gasteiger partial charge on any atom is 0.204 e. The normalized spacial score (nSPS) is 13.3.